The lowest BCUT2D eigenvalue weighted by molar-refractivity contribution is -0.143. The van der Waals surface area contributed by atoms with Gasteiger partial charge in [-0.15, -0.1) is 0 Å². The molecule has 7 heteroatoms. The van der Waals surface area contributed by atoms with Crippen molar-refractivity contribution in [1.29, 1.82) is 0 Å². The Morgan fingerprint density at radius 2 is 1.97 bits per heavy atom. The molecule has 1 fully saturated rings. The Hall–Kier alpha value is -3.48. The number of esters is 1. The second kappa shape index (κ2) is 6.77. The number of phenolic OH excluding ortho intramolecular Hbond substituents is 1. The standard InChI is InChI=1S/C24H21FN2O4/c1-27-12-17-18(22(27)29)21(28)20-16(19(17)24(7-8-24)23(30)31-2)10-14(11-26-20)9-13-3-5-15(25)6-4-13/h3-6,10-11,28H,7-9,12H2,1-2H3. The predicted molar refractivity (Wildman–Crippen MR) is 111 cm³/mol. The Morgan fingerprint density at radius 1 is 1.26 bits per heavy atom. The van der Waals surface area contributed by atoms with Crippen LogP contribution in [0.3, 0.4) is 0 Å². The average Bonchev–Trinajstić information content (AvgIpc) is 3.50. The number of phenols is 1. The number of halogens is 1. The zero-order valence-corrected chi connectivity index (χ0v) is 17.2. The van der Waals surface area contributed by atoms with E-state index in [-0.39, 0.29) is 29.0 Å². The Balaban J connectivity index is 1.74. The largest absolute Gasteiger partial charge is 0.505 e. The number of methoxy groups -OCH3 is 1. The van der Waals surface area contributed by atoms with Crippen molar-refractivity contribution in [1.82, 2.24) is 9.88 Å². The van der Waals surface area contributed by atoms with Crippen molar-refractivity contribution in [3.8, 4) is 5.75 Å². The molecule has 2 heterocycles. The third kappa shape index (κ3) is 2.87. The van der Waals surface area contributed by atoms with Crippen LogP contribution in [0.25, 0.3) is 10.9 Å². The molecule has 1 saturated carbocycles. The highest BCUT2D eigenvalue weighted by atomic mass is 19.1. The van der Waals surface area contributed by atoms with Crippen molar-refractivity contribution in [3.05, 3.63) is 70.2 Å². The van der Waals surface area contributed by atoms with E-state index in [4.69, 9.17) is 4.74 Å². The summed E-state index contributed by atoms with van der Waals surface area (Å²) in [5, 5.41) is 11.6. The summed E-state index contributed by atoms with van der Waals surface area (Å²) in [6.07, 6.45) is 3.39. The smallest absolute Gasteiger partial charge is 0.316 e. The SMILES string of the molecule is COC(=O)C1(c2c3c(c(O)c4ncc(Cc5ccc(F)cc5)cc24)C(=O)N(C)C3)CC1. The molecule has 0 saturated heterocycles. The van der Waals surface area contributed by atoms with Crippen LogP contribution in [-0.2, 0) is 27.9 Å². The number of carbonyl (C=O) groups excluding carboxylic acids is 2. The molecule has 5 rings (SSSR count). The lowest BCUT2D eigenvalue weighted by atomic mass is 9.85. The van der Waals surface area contributed by atoms with Gasteiger partial charge in [0, 0.05) is 25.2 Å². The number of hydrogen-bond acceptors (Lipinski definition) is 5. The molecule has 1 aliphatic carbocycles. The molecule has 1 amide bonds. The summed E-state index contributed by atoms with van der Waals surface area (Å²) in [6.45, 7) is 0.313. The first-order valence-corrected chi connectivity index (χ1v) is 10.1. The van der Waals surface area contributed by atoms with Crippen molar-refractivity contribution in [2.45, 2.75) is 31.2 Å². The zero-order chi connectivity index (χ0) is 21.9. The lowest BCUT2D eigenvalue weighted by Gasteiger charge is -2.20. The van der Waals surface area contributed by atoms with Crippen LogP contribution in [0.15, 0.2) is 36.5 Å². The molecule has 1 N–H and O–H groups in total. The third-order valence-electron chi connectivity index (χ3n) is 6.36. The maximum absolute atomic E-state index is 13.3. The molecule has 158 valence electrons. The summed E-state index contributed by atoms with van der Waals surface area (Å²) in [5.74, 6) is -1.08. The molecule has 6 nitrogen and oxygen atoms in total. The highest BCUT2D eigenvalue weighted by molar-refractivity contribution is 6.09. The summed E-state index contributed by atoms with van der Waals surface area (Å²) in [4.78, 5) is 31.5. The van der Waals surface area contributed by atoms with Gasteiger partial charge in [-0.1, -0.05) is 12.1 Å². The van der Waals surface area contributed by atoms with Gasteiger partial charge in [0.05, 0.1) is 18.1 Å². The van der Waals surface area contributed by atoms with Gasteiger partial charge in [-0.3, -0.25) is 14.6 Å². The van der Waals surface area contributed by atoms with Gasteiger partial charge in [0.2, 0.25) is 0 Å². The first-order valence-electron chi connectivity index (χ1n) is 10.1. The normalized spacial score (nSPS) is 16.5. The number of rotatable bonds is 4. The molecule has 2 aliphatic rings. The highest BCUT2D eigenvalue weighted by Gasteiger charge is 2.56. The van der Waals surface area contributed by atoms with E-state index in [0.717, 1.165) is 16.7 Å². The van der Waals surface area contributed by atoms with Gasteiger partial charge in [0.1, 0.15) is 11.3 Å². The van der Waals surface area contributed by atoms with Crippen LogP contribution >= 0.6 is 0 Å². The molecule has 3 aromatic rings. The van der Waals surface area contributed by atoms with Crippen molar-refractivity contribution in [3.63, 3.8) is 0 Å². The molecule has 0 unspecified atom stereocenters. The van der Waals surface area contributed by atoms with Crippen LogP contribution in [0.2, 0.25) is 0 Å². The number of fused-ring (bicyclic) bond motifs is 2. The molecule has 0 atom stereocenters. The van der Waals surface area contributed by atoms with E-state index < -0.39 is 5.41 Å². The number of carbonyl (C=O) groups is 2. The fraction of sp³-hybridized carbons (Fsp3) is 0.292. The average molecular weight is 420 g/mol. The van der Waals surface area contributed by atoms with E-state index in [1.54, 1.807) is 25.4 Å². The predicted octanol–water partition coefficient (Wildman–Crippen LogP) is 3.46. The van der Waals surface area contributed by atoms with E-state index in [0.29, 0.717) is 42.3 Å². The molecule has 2 aromatic carbocycles. The molecule has 0 spiro atoms. The Morgan fingerprint density at radius 3 is 2.61 bits per heavy atom. The molecular formula is C24H21FN2O4. The van der Waals surface area contributed by atoms with Crippen LogP contribution in [0.4, 0.5) is 4.39 Å². The Bertz CT molecular complexity index is 1250. The number of aromatic hydroxyl groups is 1. The van der Waals surface area contributed by atoms with Gasteiger partial charge < -0.3 is 14.7 Å². The van der Waals surface area contributed by atoms with E-state index in [1.807, 2.05) is 6.07 Å². The molecular weight excluding hydrogens is 399 g/mol. The summed E-state index contributed by atoms with van der Waals surface area (Å²) >= 11 is 0. The molecule has 0 bridgehead atoms. The number of hydrogen-bond donors (Lipinski definition) is 1. The minimum atomic E-state index is -0.827. The second-order valence-corrected chi connectivity index (χ2v) is 8.36. The minimum absolute atomic E-state index is 0.155. The number of ether oxygens (including phenoxy) is 1. The maximum Gasteiger partial charge on any atom is 0.316 e. The van der Waals surface area contributed by atoms with Gasteiger partial charge in [-0.05, 0) is 59.7 Å². The van der Waals surface area contributed by atoms with Crippen molar-refractivity contribution < 1.29 is 23.8 Å². The fourth-order valence-corrected chi connectivity index (χ4v) is 4.68. The number of amides is 1. The van der Waals surface area contributed by atoms with Crippen molar-refractivity contribution in [2.75, 3.05) is 14.2 Å². The summed E-state index contributed by atoms with van der Waals surface area (Å²) < 4.78 is 18.4. The number of nitrogens with zero attached hydrogens (tertiary/aromatic N) is 2. The van der Waals surface area contributed by atoms with Gasteiger partial charge in [0.15, 0.2) is 5.75 Å². The first kappa shape index (κ1) is 19.5. The summed E-state index contributed by atoms with van der Waals surface area (Å²) in [5.41, 5.74) is 2.87. The van der Waals surface area contributed by atoms with Gasteiger partial charge in [-0.2, -0.15) is 0 Å². The monoisotopic (exact) mass is 420 g/mol. The van der Waals surface area contributed by atoms with E-state index in [2.05, 4.69) is 4.98 Å². The minimum Gasteiger partial charge on any atom is -0.505 e. The molecule has 0 radical (unpaired) electrons. The number of benzene rings is 2. The molecule has 31 heavy (non-hydrogen) atoms. The van der Waals surface area contributed by atoms with E-state index in [9.17, 15) is 19.1 Å². The van der Waals surface area contributed by atoms with Crippen LogP contribution in [0.1, 0.15) is 45.5 Å². The highest BCUT2D eigenvalue weighted by Crippen LogP contribution is 2.55. The maximum atomic E-state index is 13.3. The first-order chi connectivity index (χ1) is 14.9. The fourth-order valence-electron chi connectivity index (χ4n) is 4.68. The van der Waals surface area contributed by atoms with Crippen molar-refractivity contribution in [2.24, 2.45) is 0 Å². The Kier molecular flexibility index (Phi) is 4.25. The quantitative estimate of drug-likeness (QED) is 0.654. The van der Waals surface area contributed by atoms with Crippen LogP contribution in [0.5, 0.6) is 5.75 Å². The van der Waals surface area contributed by atoms with E-state index in [1.165, 1.54) is 24.1 Å². The lowest BCUT2D eigenvalue weighted by Crippen LogP contribution is -2.24. The molecule has 1 aliphatic heterocycles. The third-order valence-corrected chi connectivity index (χ3v) is 6.36. The zero-order valence-electron chi connectivity index (χ0n) is 17.2. The van der Waals surface area contributed by atoms with Gasteiger partial charge >= 0.3 is 5.97 Å². The summed E-state index contributed by atoms with van der Waals surface area (Å²) in [6, 6.07) is 8.15. The van der Waals surface area contributed by atoms with Crippen LogP contribution in [0, 0.1) is 5.82 Å². The second-order valence-electron chi connectivity index (χ2n) is 8.36. The number of pyridine rings is 1. The van der Waals surface area contributed by atoms with Crippen LogP contribution in [-0.4, -0.2) is 41.0 Å². The summed E-state index contributed by atoms with van der Waals surface area (Å²) in [7, 11) is 3.03. The molecule has 1 aromatic heterocycles. The van der Waals surface area contributed by atoms with Gasteiger partial charge in [0.25, 0.3) is 5.91 Å². The van der Waals surface area contributed by atoms with Crippen molar-refractivity contribution >= 4 is 22.8 Å². The van der Waals surface area contributed by atoms with Gasteiger partial charge in [-0.25, -0.2) is 4.39 Å². The van der Waals surface area contributed by atoms with E-state index >= 15 is 0 Å². The Labute approximate surface area is 178 Å². The number of aromatic nitrogens is 1. The van der Waals surface area contributed by atoms with Crippen LogP contribution < -0.4 is 0 Å². The topological polar surface area (TPSA) is 79.7 Å².